The van der Waals surface area contributed by atoms with Crippen molar-refractivity contribution in [3.63, 3.8) is 0 Å². The van der Waals surface area contributed by atoms with Gasteiger partial charge in [0.25, 0.3) is 0 Å². The lowest BCUT2D eigenvalue weighted by Crippen LogP contribution is -2.02. The first kappa shape index (κ1) is 15.6. The highest BCUT2D eigenvalue weighted by Crippen LogP contribution is 2.31. The summed E-state index contributed by atoms with van der Waals surface area (Å²) in [6, 6.07) is 6.05. The van der Waals surface area contributed by atoms with Gasteiger partial charge in [-0.15, -0.1) is 0 Å². The fourth-order valence-corrected chi connectivity index (χ4v) is 1.70. The zero-order chi connectivity index (χ0) is 14.1. The Morgan fingerprint density at radius 2 is 1.74 bits per heavy atom. The molecular weight excluding hydrogens is 238 g/mol. The van der Waals surface area contributed by atoms with Crippen LogP contribution in [0, 0.1) is 0 Å². The molecule has 0 aliphatic rings. The molecule has 0 heterocycles. The summed E-state index contributed by atoms with van der Waals surface area (Å²) in [6.45, 7) is 8.19. The van der Waals surface area contributed by atoms with Crippen LogP contribution in [0.3, 0.4) is 0 Å². The van der Waals surface area contributed by atoms with Crippen molar-refractivity contribution >= 4 is 5.57 Å². The third-order valence-electron chi connectivity index (χ3n) is 2.75. The molecule has 19 heavy (non-hydrogen) atoms. The number of benzene rings is 1. The number of allylic oxidation sites excluding steroid dienone is 1. The van der Waals surface area contributed by atoms with Crippen molar-refractivity contribution in [1.82, 2.24) is 0 Å². The van der Waals surface area contributed by atoms with E-state index < -0.39 is 0 Å². The van der Waals surface area contributed by atoms with Crippen molar-refractivity contribution in [1.29, 1.82) is 0 Å². The van der Waals surface area contributed by atoms with Gasteiger partial charge in [0.2, 0.25) is 0 Å². The fraction of sp³-hybridized carbons (Fsp3) is 0.500. The zero-order valence-corrected chi connectivity index (χ0v) is 12.2. The van der Waals surface area contributed by atoms with Gasteiger partial charge in [0, 0.05) is 6.54 Å². The van der Waals surface area contributed by atoms with Gasteiger partial charge in [-0.05, 0) is 43.0 Å². The Bertz CT molecular complexity index is 413. The lowest BCUT2D eigenvalue weighted by molar-refractivity contribution is 0.268. The molecule has 0 atom stereocenters. The minimum Gasteiger partial charge on any atom is -0.490 e. The van der Waals surface area contributed by atoms with E-state index in [0.29, 0.717) is 19.8 Å². The zero-order valence-electron chi connectivity index (χ0n) is 12.2. The quantitative estimate of drug-likeness (QED) is 0.779. The normalized spacial score (nSPS) is 11.5. The summed E-state index contributed by atoms with van der Waals surface area (Å²) in [6.07, 6.45) is 3.97. The SMILES string of the molecule is CCCOc1ccc(C(C)=CCN)cc1OCCC. The van der Waals surface area contributed by atoms with Crippen molar-refractivity contribution < 1.29 is 9.47 Å². The summed E-state index contributed by atoms with van der Waals surface area (Å²) in [5, 5.41) is 0. The monoisotopic (exact) mass is 263 g/mol. The van der Waals surface area contributed by atoms with Crippen LogP contribution >= 0.6 is 0 Å². The second-order valence-electron chi connectivity index (χ2n) is 4.48. The molecule has 0 spiro atoms. The second-order valence-corrected chi connectivity index (χ2v) is 4.48. The molecule has 0 amide bonds. The van der Waals surface area contributed by atoms with E-state index in [4.69, 9.17) is 15.2 Å². The van der Waals surface area contributed by atoms with Gasteiger partial charge in [-0.3, -0.25) is 0 Å². The van der Waals surface area contributed by atoms with E-state index in [1.54, 1.807) is 0 Å². The first-order chi connectivity index (χ1) is 9.22. The average molecular weight is 263 g/mol. The van der Waals surface area contributed by atoms with Gasteiger partial charge < -0.3 is 15.2 Å². The summed E-state index contributed by atoms with van der Waals surface area (Å²) in [4.78, 5) is 0. The van der Waals surface area contributed by atoms with Crippen LogP contribution in [-0.2, 0) is 0 Å². The maximum absolute atomic E-state index is 5.77. The number of hydrogen-bond donors (Lipinski definition) is 1. The first-order valence-corrected chi connectivity index (χ1v) is 6.99. The van der Waals surface area contributed by atoms with Crippen molar-refractivity contribution in [3.8, 4) is 11.5 Å². The minimum absolute atomic E-state index is 0.547. The standard InChI is InChI=1S/C16H25NO2/c1-4-10-18-15-7-6-14(13(3)8-9-17)12-16(15)19-11-5-2/h6-8,12H,4-5,9-11,17H2,1-3H3. The van der Waals surface area contributed by atoms with E-state index in [-0.39, 0.29) is 0 Å². The molecule has 0 aliphatic heterocycles. The lowest BCUT2D eigenvalue weighted by Gasteiger charge is -2.14. The highest BCUT2D eigenvalue weighted by Gasteiger charge is 2.07. The number of ether oxygens (including phenoxy) is 2. The van der Waals surface area contributed by atoms with Crippen LogP contribution in [0.5, 0.6) is 11.5 Å². The molecule has 0 saturated heterocycles. The van der Waals surface area contributed by atoms with Crippen molar-refractivity contribution in [2.24, 2.45) is 5.73 Å². The van der Waals surface area contributed by atoms with E-state index in [1.165, 1.54) is 0 Å². The second kappa shape index (κ2) is 8.59. The van der Waals surface area contributed by atoms with E-state index in [2.05, 4.69) is 20.8 Å². The van der Waals surface area contributed by atoms with Gasteiger partial charge in [-0.1, -0.05) is 26.0 Å². The molecule has 3 heteroatoms. The molecule has 0 radical (unpaired) electrons. The molecule has 1 aromatic carbocycles. The summed E-state index contributed by atoms with van der Waals surface area (Å²) >= 11 is 0. The third-order valence-corrected chi connectivity index (χ3v) is 2.75. The van der Waals surface area contributed by atoms with Crippen molar-refractivity contribution in [2.75, 3.05) is 19.8 Å². The van der Waals surface area contributed by atoms with Gasteiger partial charge in [-0.2, -0.15) is 0 Å². The highest BCUT2D eigenvalue weighted by atomic mass is 16.5. The first-order valence-electron chi connectivity index (χ1n) is 6.99. The predicted octanol–water partition coefficient (Wildman–Crippen LogP) is 3.63. The molecule has 106 valence electrons. The van der Waals surface area contributed by atoms with Crippen LogP contribution in [0.2, 0.25) is 0 Å². The Labute approximate surface area is 116 Å². The molecule has 0 aliphatic carbocycles. The van der Waals surface area contributed by atoms with Gasteiger partial charge in [0.1, 0.15) is 0 Å². The molecule has 0 bridgehead atoms. The molecule has 0 saturated carbocycles. The Balaban J connectivity index is 2.96. The van der Waals surface area contributed by atoms with Crippen LogP contribution < -0.4 is 15.2 Å². The summed E-state index contributed by atoms with van der Waals surface area (Å²) in [5.41, 5.74) is 7.83. The van der Waals surface area contributed by atoms with Gasteiger partial charge in [0.15, 0.2) is 11.5 Å². The minimum atomic E-state index is 0.547. The summed E-state index contributed by atoms with van der Waals surface area (Å²) in [7, 11) is 0. The number of hydrogen-bond acceptors (Lipinski definition) is 3. The van der Waals surface area contributed by atoms with E-state index >= 15 is 0 Å². The topological polar surface area (TPSA) is 44.5 Å². The predicted molar refractivity (Wildman–Crippen MR) is 80.7 cm³/mol. The summed E-state index contributed by atoms with van der Waals surface area (Å²) < 4.78 is 11.5. The molecule has 2 N–H and O–H groups in total. The number of rotatable bonds is 8. The van der Waals surface area contributed by atoms with Crippen LogP contribution in [0.1, 0.15) is 39.2 Å². The van der Waals surface area contributed by atoms with Crippen LogP contribution in [0.4, 0.5) is 0 Å². The van der Waals surface area contributed by atoms with Crippen molar-refractivity contribution in [3.05, 3.63) is 29.8 Å². The molecule has 0 unspecified atom stereocenters. The molecular formula is C16H25NO2. The maximum Gasteiger partial charge on any atom is 0.161 e. The largest absolute Gasteiger partial charge is 0.490 e. The van der Waals surface area contributed by atoms with Gasteiger partial charge in [0.05, 0.1) is 13.2 Å². The van der Waals surface area contributed by atoms with E-state index in [1.807, 2.05) is 24.3 Å². The molecule has 1 rings (SSSR count). The van der Waals surface area contributed by atoms with Gasteiger partial charge >= 0.3 is 0 Å². The Morgan fingerprint density at radius 3 is 2.32 bits per heavy atom. The molecule has 0 fully saturated rings. The Morgan fingerprint density at radius 1 is 1.11 bits per heavy atom. The van der Waals surface area contributed by atoms with Crippen molar-refractivity contribution in [2.45, 2.75) is 33.6 Å². The van der Waals surface area contributed by atoms with E-state index in [0.717, 1.165) is 35.5 Å². The van der Waals surface area contributed by atoms with Crippen LogP contribution in [-0.4, -0.2) is 19.8 Å². The molecule has 3 nitrogen and oxygen atoms in total. The van der Waals surface area contributed by atoms with Gasteiger partial charge in [-0.25, -0.2) is 0 Å². The third kappa shape index (κ3) is 4.95. The number of nitrogens with two attached hydrogens (primary N) is 1. The smallest absolute Gasteiger partial charge is 0.161 e. The maximum atomic E-state index is 5.77. The average Bonchev–Trinajstić information content (AvgIpc) is 2.43. The Hall–Kier alpha value is -1.48. The summed E-state index contributed by atoms with van der Waals surface area (Å²) in [5.74, 6) is 1.64. The lowest BCUT2D eigenvalue weighted by atomic mass is 10.1. The Kier molecular flexibility index (Phi) is 7.04. The fourth-order valence-electron chi connectivity index (χ4n) is 1.70. The highest BCUT2D eigenvalue weighted by molar-refractivity contribution is 5.66. The molecule has 0 aromatic heterocycles. The van der Waals surface area contributed by atoms with E-state index in [9.17, 15) is 0 Å². The van der Waals surface area contributed by atoms with Crippen LogP contribution in [0.15, 0.2) is 24.3 Å². The van der Waals surface area contributed by atoms with Crippen LogP contribution in [0.25, 0.3) is 5.57 Å². The molecule has 1 aromatic rings.